The Morgan fingerprint density at radius 2 is 1.81 bits per heavy atom. The van der Waals surface area contributed by atoms with Crippen molar-refractivity contribution in [3.8, 4) is 11.5 Å². The lowest BCUT2D eigenvalue weighted by atomic mass is 9.95. The first-order chi connectivity index (χ1) is 15.3. The highest BCUT2D eigenvalue weighted by molar-refractivity contribution is 9.10. The summed E-state index contributed by atoms with van der Waals surface area (Å²) in [5.74, 6) is -1.62. The number of hydrogen-bond acceptors (Lipinski definition) is 6. The molecule has 3 aromatic rings. The van der Waals surface area contributed by atoms with Crippen LogP contribution in [0.1, 0.15) is 22.7 Å². The number of aromatic hydroxyl groups is 1. The maximum Gasteiger partial charge on any atom is 0.300 e. The number of aliphatic hydroxyl groups is 1. The maximum absolute atomic E-state index is 13.1. The summed E-state index contributed by atoms with van der Waals surface area (Å²) >= 11 is 3.37. The van der Waals surface area contributed by atoms with Gasteiger partial charge in [0.25, 0.3) is 11.7 Å². The zero-order valence-electron chi connectivity index (χ0n) is 17.2. The van der Waals surface area contributed by atoms with Gasteiger partial charge in [-0.05, 0) is 76.4 Å². The number of methoxy groups -OCH3 is 1. The van der Waals surface area contributed by atoms with Gasteiger partial charge in [-0.2, -0.15) is 0 Å². The normalized spacial score (nSPS) is 17.6. The number of carbonyl (C=O) groups excluding carboxylic acids is 2. The third kappa shape index (κ3) is 3.62. The van der Waals surface area contributed by atoms with Gasteiger partial charge < -0.3 is 14.9 Å². The Labute approximate surface area is 192 Å². The molecule has 1 atom stereocenters. The molecule has 0 aliphatic carbocycles. The molecule has 0 saturated carbocycles. The number of phenolic OH excluding ortho intramolecular Hbond substituents is 1. The Kier molecular flexibility index (Phi) is 5.71. The van der Waals surface area contributed by atoms with E-state index < -0.39 is 17.7 Å². The second-order valence-electron chi connectivity index (χ2n) is 7.29. The SMILES string of the molecule is COc1ccc(/C(O)=C2/C(=O)C(=O)N(c3cc(C)ccc3O)C2c2ccncc2)cc1Br. The number of ketones is 1. The number of aromatic nitrogens is 1. The molecule has 1 aliphatic rings. The van der Waals surface area contributed by atoms with Gasteiger partial charge >= 0.3 is 0 Å². The molecule has 2 heterocycles. The first kappa shape index (κ1) is 21.6. The number of hydrogen-bond donors (Lipinski definition) is 2. The number of amides is 1. The van der Waals surface area contributed by atoms with Gasteiger partial charge in [-0.3, -0.25) is 19.5 Å². The highest BCUT2D eigenvalue weighted by Gasteiger charge is 2.47. The number of carbonyl (C=O) groups is 2. The molecule has 7 nitrogen and oxygen atoms in total. The van der Waals surface area contributed by atoms with Gasteiger partial charge in [0, 0.05) is 18.0 Å². The fourth-order valence-electron chi connectivity index (χ4n) is 3.74. The van der Waals surface area contributed by atoms with Gasteiger partial charge in [-0.15, -0.1) is 0 Å². The molecule has 8 heteroatoms. The highest BCUT2D eigenvalue weighted by Crippen LogP contribution is 2.45. The van der Waals surface area contributed by atoms with Crippen molar-refractivity contribution in [3.63, 3.8) is 0 Å². The van der Waals surface area contributed by atoms with Crippen LogP contribution >= 0.6 is 15.9 Å². The summed E-state index contributed by atoms with van der Waals surface area (Å²) in [6, 6.07) is 12.0. The molecular formula is C24H19BrN2O5. The van der Waals surface area contributed by atoms with E-state index in [9.17, 15) is 19.8 Å². The van der Waals surface area contributed by atoms with Crippen LogP contribution in [0, 0.1) is 6.92 Å². The molecule has 1 unspecified atom stereocenters. The number of pyridine rings is 1. The lowest BCUT2D eigenvalue weighted by molar-refractivity contribution is -0.132. The van der Waals surface area contributed by atoms with Gasteiger partial charge in [0.1, 0.15) is 17.3 Å². The Bertz CT molecular complexity index is 1260. The average molecular weight is 495 g/mol. The molecule has 0 radical (unpaired) electrons. The number of ether oxygens (including phenoxy) is 1. The minimum atomic E-state index is -0.952. The lowest BCUT2D eigenvalue weighted by Gasteiger charge is -2.26. The number of Topliss-reactive ketones (excluding diaryl/α,β-unsaturated/α-hetero) is 1. The molecule has 1 aliphatic heterocycles. The minimum absolute atomic E-state index is 0.0841. The van der Waals surface area contributed by atoms with E-state index in [1.807, 2.05) is 6.92 Å². The molecule has 1 saturated heterocycles. The Morgan fingerprint density at radius 1 is 1.09 bits per heavy atom. The van der Waals surface area contributed by atoms with E-state index in [0.717, 1.165) is 5.56 Å². The van der Waals surface area contributed by atoms with E-state index in [0.29, 0.717) is 21.3 Å². The van der Waals surface area contributed by atoms with E-state index in [1.165, 1.54) is 30.5 Å². The first-order valence-corrected chi connectivity index (χ1v) is 10.5. The lowest BCUT2D eigenvalue weighted by Crippen LogP contribution is -2.29. The van der Waals surface area contributed by atoms with Crippen molar-refractivity contribution in [3.05, 3.63) is 87.7 Å². The topological polar surface area (TPSA) is 100.0 Å². The summed E-state index contributed by atoms with van der Waals surface area (Å²) < 4.78 is 5.80. The van der Waals surface area contributed by atoms with Crippen LogP contribution in [0.25, 0.3) is 5.76 Å². The van der Waals surface area contributed by atoms with E-state index in [-0.39, 0.29) is 22.8 Å². The number of nitrogens with zero attached hydrogens (tertiary/aromatic N) is 2. The summed E-state index contributed by atoms with van der Waals surface area (Å²) in [5, 5.41) is 21.6. The van der Waals surface area contributed by atoms with Crippen molar-refractivity contribution >= 4 is 39.1 Å². The zero-order valence-corrected chi connectivity index (χ0v) is 18.8. The number of phenols is 1. The number of halogens is 1. The molecule has 32 heavy (non-hydrogen) atoms. The summed E-state index contributed by atoms with van der Waals surface area (Å²) in [4.78, 5) is 31.5. The molecule has 162 valence electrons. The van der Waals surface area contributed by atoms with Gasteiger partial charge in [-0.25, -0.2) is 0 Å². The van der Waals surface area contributed by atoms with Gasteiger partial charge in [0.15, 0.2) is 0 Å². The second-order valence-corrected chi connectivity index (χ2v) is 8.15. The van der Waals surface area contributed by atoms with Crippen LogP contribution in [0.5, 0.6) is 11.5 Å². The molecule has 2 N–H and O–H groups in total. The maximum atomic E-state index is 13.1. The largest absolute Gasteiger partial charge is 0.507 e. The number of aryl methyl sites for hydroxylation is 1. The van der Waals surface area contributed by atoms with Crippen LogP contribution in [0.3, 0.4) is 0 Å². The average Bonchev–Trinajstić information content (AvgIpc) is 3.06. The molecule has 1 amide bonds. The first-order valence-electron chi connectivity index (χ1n) is 9.68. The van der Waals surface area contributed by atoms with Gasteiger partial charge in [-0.1, -0.05) is 6.07 Å². The number of anilines is 1. The van der Waals surface area contributed by atoms with Crippen LogP contribution in [0.2, 0.25) is 0 Å². The van der Waals surface area contributed by atoms with Crippen LogP contribution in [0.4, 0.5) is 5.69 Å². The summed E-state index contributed by atoms with van der Waals surface area (Å²) in [5.41, 5.74) is 1.80. The molecule has 0 spiro atoms. The van der Waals surface area contributed by atoms with E-state index in [1.54, 1.807) is 42.5 Å². The second kappa shape index (κ2) is 8.47. The van der Waals surface area contributed by atoms with Crippen LogP contribution in [-0.4, -0.2) is 34.0 Å². The number of rotatable bonds is 4. The van der Waals surface area contributed by atoms with Gasteiger partial charge in [0.05, 0.1) is 28.9 Å². The molecule has 4 rings (SSSR count). The summed E-state index contributed by atoms with van der Waals surface area (Å²) in [6.45, 7) is 1.82. The van der Waals surface area contributed by atoms with Crippen LogP contribution < -0.4 is 9.64 Å². The Hall–Kier alpha value is -3.65. The quantitative estimate of drug-likeness (QED) is 0.314. The van der Waals surface area contributed by atoms with Gasteiger partial charge in [0.2, 0.25) is 0 Å². The Morgan fingerprint density at radius 3 is 2.47 bits per heavy atom. The minimum Gasteiger partial charge on any atom is -0.507 e. The van der Waals surface area contributed by atoms with E-state index in [4.69, 9.17) is 4.74 Å². The van der Waals surface area contributed by atoms with Crippen molar-refractivity contribution in [2.45, 2.75) is 13.0 Å². The predicted octanol–water partition coefficient (Wildman–Crippen LogP) is 4.49. The van der Waals surface area contributed by atoms with Crippen molar-refractivity contribution in [1.82, 2.24) is 4.98 Å². The standard InChI is InChI=1S/C24H19BrN2O5/c1-13-3-5-18(28)17(11-13)27-21(14-7-9-26-10-8-14)20(23(30)24(27)31)22(29)15-4-6-19(32-2)16(25)12-15/h3-12,21,28-29H,1-2H3/b22-20-. The van der Waals surface area contributed by atoms with Crippen LogP contribution in [0.15, 0.2) is 71.0 Å². The van der Waals surface area contributed by atoms with Crippen LogP contribution in [-0.2, 0) is 9.59 Å². The van der Waals surface area contributed by atoms with Crippen molar-refractivity contribution in [2.75, 3.05) is 12.0 Å². The summed E-state index contributed by atoms with van der Waals surface area (Å²) in [7, 11) is 1.52. The molecule has 1 aromatic heterocycles. The molecular weight excluding hydrogens is 476 g/mol. The summed E-state index contributed by atoms with van der Waals surface area (Å²) in [6.07, 6.45) is 3.07. The van der Waals surface area contributed by atoms with E-state index >= 15 is 0 Å². The monoisotopic (exact) mass is 494 g/mol. The molecule has 0 bridgehead atoms. The smallest absolute Gasteiger partial charge is 0.300 e. The van der Waals surface area contributed by atoms with E-state index in [2.05, 4.69) is 20.9 Å². The Balaban J connectivity index is 1.96. The predicted molar refractivity (Wildman–Crippen MR) is 123 cm³/mol. The highest BCUT2D eigenvalue weighted by atomic mass is 79.9. The number of benzene rings is 2. The van der Waals surface area contributed by atoms with Crippen molar-refractivity contribution in [1.29, 1.82) is 0 Å². The zero-order chi connectivity index (χ0) is 23.0. The molecule has 2 aromatic carbocycles. The third-order valence-electron chi connectivity index (χ3n) is 5.28. The third-order valence-corrected chi connectivity index (χ3v) is 5.90. The van der Waals surface area contributed by atoms with Crippen molar-refractivity contribution < 1.29 is 24.5 Å². The van der Waals surface area contributed by atoms with Crippen molar-refractivity contribution in [2.24, 2.45) is 0 Å². The fraction of sp³-hybridized carbons (Fsp3) is 0.125. The number of aliphatic hydroxyl groups excluding tert-OH is 1. The molecule has 1 fully saturated rings. The fourth-order valence-corrected chi connectivity index (χ4v) is 4.28.